The average molecular weight is 170 g/mol. The molecule has 1 fully saturated rings. The van der Waals surface area contributed by atoms with Gasteiger partial charge in [-0.2, -0.15) is 0 Å². The summed E-state index contributed by atoms with van der Waals surface area (Å²) in [6.45, 7) is 13.9. The first-order valence-corrected chi connectivity index (χ1v) is 4.99. The van der Waals surface area contributed by atoms with Crippen LogP contribution in [0.4, 0.5) is 0 Å². The molecule has 72 valence electrons. The number of likely N-dealkylation sites (N-methyl/N-ethyl adjacent to an activating group) is 1. The van der Waals surface area contributed by atoms with Gasteiger partial charge in [0.15, 0.2) is 0 Å². The van der Waals surface area contributed by atoms with Gasteiger partial charge in [0.25, 0.3) is 0 Å². The predicted octanol–water partition coefficient (Wildman–Crippen LogP) is 1.33. The SMILES string of the molecule is CCN1CCNC(C(C)(C)C)C1. The molecule has 0 spiro atoms. The van der Waals surface area contributed by atoms with Crippen molar-refractivity contribution < 1.29 is 0 Å². The Kier molecular flexibility index (Phi) is 3.13. The number of rotatable bonds is 1. The Labute approximate surface area is 76.3 Å². The molecule has 1 aliphatic heterocycles. The van der Waals surface area contributed by atoms with Crippen molar-refractivity contribution in [3.05, 3.63) is 0 Å². The Balaban J connectivity index is 2.46. The molecule has 2 heteroatoms. The van der Waals surface area contributed by atoms with Gasteiger partial charge in [0.05, 0.1) is 0 Å². The van der Waals surface area contributed by atoms with Crippen molar-refractivity contribution in [2.45, 2.75) is 33.7 Å². The third kappa shape index (κ3) is 2.46. The van der Waals surface area contributed by atoms with Crippen LogP contribution in [0.15, 0.2) is 0 Å². The molecular weight excluding hydrogens is 148 g/mol. The van der Waals surface area contributed by atoms with E-state index in [1.807, 2.05) is 0 Å². The van der Waals surface area contributed by atoms with E-state index in [9.17, 15) is 0 Å². The molecule has 0 bridgehead atoms. The molecule has 0 saturated carbocycles. The Hall–Kier alpha value is -0.0800. The number of nitrogens with one attached hydrogen (secondary N) is 1. The molecule has 1 aliphatic rings. The first kappa shape index (κ1) is 10.0. The number of nitrogens with zero attached hydrogens (tertiary/aromatic N) is 1. The zero-order valence-electron chi connectivity index (χ0n) is 8.85. The standard InChI is InChI=1S/C10H22N2/c1-5-12-7-6-11-9(8-12)10(2,3)4/h9,11H,5-8H2,1-4H3. The lowest BCUT2D eigenvalue weighted by Gasteiger charge is -2.40. The third-order valence-electron chi connectivity index (χ3n) is 2.75. The molecule has 0 aromatic rings. The molecule has 0 aromatic carbocycles. The van der Waals surface area contributed by atoms with E-state index >= 15 is 0 Å². The minimum Gasteiger partial charge on any atom is -0.311 e. The maximum atomic E-state index is 3.58. The number of hydrogen-bond donors (Lipinski definition) is 1. The summed E-state index contributed by atoms with van der Waals surface area (Å²) in [5.74, 6) is 0. The largest absolute Gasteiger partial charge is 0.311 e. The predicted molar refractivity (Wildman–Crippen MR) is 53.4 cm³/mol. The highest BCUT2D eigenvalue weighted by Crippen LogP contribution is 2.21. The highest BCUT2D eigenvalue weighted by Gasteiger charge is 2.28. The highest BCUT2D eigenvalue weighted by molar-refractivity contribution is 4.86. The van der Waals surface area contributed by atoms with Crippen molar-refractivity contribution in [1.82, 2.24) is 10.2 Å². The lowest BCUT2D eigenvalue weighted by Crippen LogP contribution is -2.55. The van der Waals surface area contributed by atoms with E-state index in [-0.39, 0.29) is 0 Å². The molecule has 0 amide bonds. The molecule has 2 nitrogen and oxygen atoms in total. The van der Waals surface area contributed by atoms with Crippen LogP contribution in [0.2, 0.25) is 0 Å². The summed E-state index contributed by atoms with van der Waals surface area (Å²) < 4.78 is 0. The van der Waals surface area contributed by atoms with Crippen LogP contribution in [0, 0.1) is 5.41 Å². The van der Waals surface area contributed by atoms with Crippen LogP contribution in [0.5, 0.6) is 0 Å². The number of hydrogen-bond acceptors (Lipinski definition) is 2. The normalized spacial score (nSPS) is 27.5. The topological polar surface area (TPSA) is 15.3 Å². The van der Waals surface area contributed by atoms with E-state index in [0.29, 0.717) is 11.5 Å². The molecule has 1 saturated heterocycles. The zero-order valence-corrected chi connectivity index (χ0v) is 8.85. The third-order valence-corrected chi connectivity index (χ3v) is 2.75. The van der Waals surface area contributed by atoms with Crippen LogP contribution >= 0.6 is 0 Å². The van der Waals surface area contributed by atoms with Crippen LogP contribution in [0.25, 0.3) is 0 Å². The van der Waals surface area contributed by atoms with Crippen molar-refractivity contribution in [2.24, 2.45) is 5.41 Å². The van der Waals surface area contributed by atoms with Crippen molar-refractivity contribution in [3.63, 3.8) is 0 Å². The Morgan fingerprint density at radius 3 is 2.58 bits per heavy atom. The van der Waals surface area contributed by atoms with Gasteiger partial charge in [0.1, 0.15) is 0 Å². The second kappa shape index (κ2) is 3.75. The maximum absolute atomic E-state index is 3.58. The summed E-state index contributed by atoms with van der Waals surface area (Å²) in [5, 5.41) is 3.58. The summed E-state index contributed by atoms with van der Waals surface area (Å²) in [6.07, 6.45) is 0. The minimum atomic E-state index is 0.397. The van der Waals surface area contributed by atoms with Gasteiger partial charge in [-0.05, 0) is 12.0 Å². The van der Waals surface area contributed by atoms with Gasteiger partial charge < -0.3 is 10.2 Å². The molecule has 1 atom stereocenters. The Bertz CT molecular complexity index is 137. The fourth-order valence-corrected chi connectivity index (χ4v) is 1.68. The highest BCUT2D eigenvalue weighted by atomic mass is 15.2. The van der Waals surface area contributed by atoms with E-state index in [4.69, 9.17) is 0 Å². The molecule has 0 radical (unpaired) electrons. The van der Waals surface area contributed by atoms with E-state index in [1.54, 1.807) is 0 Å². The summed E-state index contributed by atoms with van der Waals surface area (Å²) in [4.78, 5) is 2.52. The van der Waals surface area contributed by atoms with Gasteiger partial charge in [-0.15, -0.1) is 0 Å². The molecule has 1 N–H and O–H groups in total. The van der Waals surface area contributed by atoms with Gasteiger partial charge in [-0.25, -0.2) is 0 Å². The molecule has 1 unspecified atom stereocenters. The smallest absolute Gasteiger partial charge is 0.0243 e. The molecule has 0 aliphatic carbocycles. The first-order chi connectivity index (χ1) is 5.54. The van der Waals surface area contributed by atoms with E-state index < -0.39 is 0 Å². The van der Waals surface area contributed by atoms with Crippen LogP contribution in [0.3, 0.4) is 0 Å². The monoisotopic (exact) mass is 170 g/mol. The lowest BCUT2D eigenvalue weighted by atomic mass is 9.85. The fraction of sp³-hybridized carbons (Fsp3) is 1.00. The second-order valence-corrected chi connectivity index (χ2v) is 4.77. The summed E-state index contributed by atoms with van der Waals surface area (Å²) >= 11 is 0. The first-order valence-electron chi connectivity index (χ1n) is 4.99. The van der Waals surface area contributed by atoms with E-state index in [0.717, 1.165) is 6.54 Å². The Morgan fingerprint density at radius 1 is 1.42 bits per heavy atom. The zero-order chi connectivity index (χ0) is 9.19. The van der Waals surface area contributed by atoms with Gasteiger partial charge in [0, 0.05) is 25.7 Å². The summed E-state index contributed by atoms with van der Waals surface area (Å²) in [5.41, 5.74) is 0.397. The Morgan fingerprint density at radius 2 is 2.08 bits per heavy atom. The minimum absolute atomic E-state index is 0.397. The molecular formula is C10H22N2. The molecule has 0 aromatic heterocycles. The molecule has 1 heterocycles. The van der Waals surface area contributed by atoms with Crippen LogP contribution in [-0.2, 0) is 0 Å². The van der Waals surface area contributed by atoms with Crippen molar-refractivity contribution in [1.29, 1.82) is 0 Å². The second-order valence-electron chi connectivity index (χ2n) is 4.77. The van der Waals surface area contributed by atoms with Gasteiger partial charge in [0.2, 0.25) is 0 Å². The maximum Gasteiger partial charge on any atom is 0.0243 e. The fourth-order valence-electron chi connectivity index (χ4n) is 1.68. The average Bonchev–Trinajstić information content (AvgIpc) is 2.03. The molecule has 1 rings (SSSR count). The van der Waals surface area contributed by atoms with Crippen molar-refractivity contribution >= 4 is 0 Å². The quantitative estimate of drug-likeness (QED) is 0.638. The van der Waals surface area contributed by atoms with Crippen LogP contribution in [0.1, 0.15) is 27.7 Å². The van der Waals surface area contributed by atoms with Gasteiger partial charge in [-0.1, -0.05) is 27.7 Å². The molecule has 12 heavy (non-hydrogen) atoms. The number of piperazine rings is 1. The summed E-state index contributed by atoms with van der Waals surface area (Å²) in [7, 11) is 0. The van der Waals surface area contributed by atoms with Gasteiger partial charge >= 0.3 is 0 Å². The van der Waals surface area contributed by atoms with Crippen LogP contribution in [-0.4, -0.2) is 37.1 Å². The lowest BCUT2D eigenvalue weighted by molar-refractivity contribution is 0.139. The van der Waals surface area contributed by atoms with E-state index in [1.165, 1.54) is 19.6 Å². The van der Waals surface area contributed by atoms with Gasteiger partial charge in [-0.3, -0.25) is 0 Å². The van der Waals surface area contributed by atoms with Crippen molar-refractivity contribution in [3.8, 4) is 0 Å². The van der Waals surface area contributed by atoms with E-state index in [2.05, 4.69) is 37.9 Å². The summed E-state index contributed by atoms with van der Waals surface area (Å²) in [6, 6.07) is 0.659. The van der Waals surface area contributed by atoms with Crippen LogP contribution < -0.4 is 5.32 Å². The van der Waals surface area contributed by atoms with Crippen molar-refractivity contribution in [2.75, 3.05) is 26.2 Å².